The normalized spacial score (nSPS) is 12.1. The van der Waals surface area contributed by atoms with Gasteiger partial charge in [0.05, 0.1) is 17.0 Å². The molecule has 0 saturated heterocycles. The summed E-state index contributed by atoms with van der Waals surface area (Å²) in [4.78, 5) is 8.34. The third kappa shape index (κ3) is 4.35. The molecule has 0 aliphatic carbocycles. The molecule has 0 atom stereocenters. The van der Waals surface area contributed by atoms with Crippen LogP contribution in [0, 0.1) is 0 Å². The number of nitrogens with zero attached hydrogens (tertiary/aromatic N) is 3. The number of aromatic nitrogens is 3. The molecule has 5 nitrogen and oxygen atoms in total. The quantitative estimate of drug-likeness (QED) is 0.415. The van der Waals surface area contributed by atoms with E-state index in [-0.39, 0.29) is 5.28 Å². The van der Waals surface area contributed by atoms with E-state index in [1.807, 2.05) is 11.5 Å². The van der Waals surface area contributed by atoms with Crippen LogP contribution in [0.25, 0.3) is 11.0 Å². The highest BCUT2D eigenvalue weighted by atomic mass is 35.5. The minimum Gasteiger partial charge on any atom is -0.477 e. The summed E-state index contributed by atoms with van der Waals surface area (Å²) in [5.41, 5.74) is 0.626. The fourth-order valence-corrected chi connectivity index (χ4v) is 3.16. The lowest BCUT2D eigenvalue weighted by Gasteiger charge is -2.15. The number of halogens is 2. The molecule has 22 heavy (non-hydrogen) atoms. The van der Waals surface area contributed by atoms with Gasteiger partial charge in [0.25, 0.3) is 0 Å². The second kappa shape index (κ2) is 7.17. The largest absolute Gasteiger partial charge is 0.477 e. The average molecular weight is 362 g/mol. The Morgan fingerprint density at radius 2 is 1.95 bits per heavy atom. The van der Waals surface area contributed by atoms with E-state index >= 15 is 0 Å². The van der Waals surface area contributed by atoms with Gasteiger partial charge in [0.1, 0.15) is 6.73 Å². The SMILES string of the molecule is CCOc1nc(Cl)nc2c1c(Cl)cn2COCC[Si](C)(C)C. The molecule has 0 aromatic carbocycles. The predicted octanol–water partition coefficient (Wildman–Crippen LogP) is 4.45. The summed E-state index contributed by atoms with van der Waals surface area (Å²) >= 11 is 12.3. The molecule has 0 aliphatic heterocycles. The summed E-state index contributed by atoms with van der Waals surface area (Å²) in [6, 6.07) is 1.11. The molecule has 0 fully saturated rings. The second-order valence-electron chi connectivity index (χ2n) is 6.22. The van der Waals surface area contributed by atoms with E-state index in [9.17, 15) is 0 Å². The molecule has 0 aliphatic rings. The Kier molecular flexibility index (Phi) is 5.71. The van der Waals surface area contributed by atoms with Gasteiger partial charge in [-0.15, -0.1) is 0 Å². The van der Waals surface area contributed by atoms with Gasteiger partial charge < -0.3 is 14.0 Å². The first-order valence-electron chi connectivity index (χ1n) is 7.24. The van der Waals surface area contributed by atoms with Crippen molar-refractivity contribution in [3.05, 3.63) is 16.5 Å². The second-order valence-corrected chi connectivity index (χ2v) is 12.6. The van der Waals surface area contributed by atoms with Gasteiger partial charge >= 0.3 is 0 Å². The van der Waals surface area contributed by atoms with Crippen LogP contribution in [-0.2, 0) is 11.5 Å². The van der Waals surface area contributed by atoms with Crippen molar-refractivity contribution in [2.75, 3.05) is 13.2 Å². The Labute approximate surface area is 141 Å². The zero-order valence-electron chi connectivity index (χ0n) is 13.3. The molecule has 0 radical (unpaired) electrons. The van der Waals surface area contributed by atoms with E-state index in [0.29, 0.717) is 35.3 Å². The highest BCUT2D eigenvalue weighted by Crippen LogP contribution is 2.32. The number of hydrogen-bond acceptors (Lipinski definition) is 4. The van der Waals surface area contributed by atoms with Crippen LogP contribution in [0.4, 0.5) is 0 Å². The monoisotopic (exact) mass is 361 g/mol. The number of hydrogen-bond donors (Lipinski definition) is 0. The van der Waals surface area contributed by atoms with E-state index < -0.39 is 8.07 Å². The standard InChI is InChI=1S/C14H21Cl2N3O2Si/c1-5-21-13-11-10(15)8-19(12(11)17-14(16)18-13)9-20-6-7-22(2,3)4/h8H,5-7,9H2,1-4H3. The molecule has 0 unspecified atom stereocenters. The van der Waals surface area contributed by atoms with Crippen molar-refractivity contribution in [2.45, 2.75) is 39.3 Å². The van der Waals surface area contributed by atoms with Gasteiger partial charge in [-0.1, -0.05) is 31.2 Å². The highest BCUT2D eigenvalue weighted by Gasteiger charge is 2.17. The Balaban J connectivity index is 2.20. The fraction of sp³-hybridized carbons (Fsp3) is 0.571. The molecule has 0 saturated carbocycles. The molecular weight excluding hydrogens is 341 g/mol. The third-order valence-electron chi connectivity index (χ3n) is 3.12. The van der Waals surface area contributed by atoms with Crippen LogP contribution < -0.4 is 4.74 Å². The minimum absolute atomic E-state index is 0.133. The summed E-state index contributed by atoms with van der Waals surface area (Å²) in [5, 5.41) is 1.33. The van der Waals surface area contributed by atoms with Gasteiger partial charge in [-0.05, 0) is 24.6 Å². The van der Waals surface area contributed by atoms with Crippen LogP contribution in [0.2, 0.25) is 36.0 Å². The molecule has 0 bridgehead atoms. The van der Waals surface area contributed by atoms with Gasteiger partial charge in [0.2, 0.25) is 11.2 Å². The Hall–Kier alpha value is -0.823. The maximum absolute atomic E-state index is 6.28. The predicted molar refractivity (Wildman–Crippen MR) is 92.8 cm³/mol. The van der Waals surface area contributed by atoms with Crippen LogP contribution in [0.3, 0.4) is 0 Å². The average Bonchev–Trinajstić information content (AvgIpc) is 2.70. The molecule has 2 heterocycles. The van der Waals surface area contributed by atoms with Crippen LogP contribution in [-0.4, -0.2) is 35.8 Å². The van der Waals surface area contributed by atoms with Gasteiger partial charge in [0.15, 0.2) is 5.65 Å². The zero-order chi connectivity index (χ0) is 16.3. The molecular formula is C14H21Cl2N3O2Si. The van der Waals surface area contributed by atoms with Crippen molar-refractivity contribution in [2.24, 2.45) is 0 Å². The van der Waals surface area contributed by atoms with Crippen LogP contribution in [0.5, 0.6) is 5.88 Å². The molecule has 2 aromatic rings. The van der Waals surface area contributed by atoms with Crippen molar-refractivity contribution < 1.29 is 9.47 Å². The van der Waals surface area contributed by atoms with Crippen molar-refractivity contribution in [1.82, 2.24) is 14.5 Å². The number of fused-ring (bicyclic) bond motifs is 1. The van der Waals surface area contributed by atoms with E-state index in [4.69, 9.17) is 32.7 Å². The van der Waals surface area contributed by atoms with Crippen LogP contribution in [0.15, 0.2) is 6.20 Å². The lowest BCUT2D eigenvalue weighted by molar-refractivity contribution is 0.0899. The summed E-state index contributed by atoms with van der Waals surface area (Å²) < 4.78 is 13.1. The Bertz CT molecular complexity index is 656. The van der Waals surface area contributed by atoms with E-state index in [0.717, 1.165) is 12.7 Å². The van der Waals surface area contributed by atoms with Crippen LogP contribution in [0.1, 0.15) is 6.92 Å². The minimum atomic E-state index is -1.10. The van der Waals surface area contributed by atoms with E-state index in [1.165, 1.54) is 0 Å². The molecule has 0 amide bonds. The first kappa shape index (κ1) is 17.5. The van der Waals surface area contributed by atoms with Gasteiger partial charge in [0, 0.05) is 20.9 Å². The van der Waals surface area contributed by atoms with Crippen molar-refractivity contribution in [3.8, 4) is 5.88 Å². The molecule has 122 valence electrons. The fourth-order valence-electron chi connectivity index (χ4n) is 1.96. The number of rotatable bonds is 7. The smallest absolute Gasteiger partial charge is 0.228 e. The number of ether oxygens (including phenoxy) is 2. The lowest BCUT2D eigenvalue weighted by Crippen LogP contribution is -2.22. The van der Waals surface area contributed by atoms with Crippen molar-refractivity contribution in [3.63, 3.8) is 0 Å². The van der Waals surface area contributed by atoms with Crippen LogP contribution >= 0.6 is 23.2 Å². The van der Waals surface area contributed by atoms with Gasteiger partial charge in [-0.2, -0.15) is 9.97 Å². The van der Waals surface area contributed by atoms with E-state index in [1.54, 1.807) is 6.20 Å². The molecule has 8 heteroatoms. The van der Waals surface area contributed by atoms with E-state index in [2.05, 4.69) is 29.6 Å². The summed E-state index contributed by atoms with van der Waals surface area (Å²) in [5.74, 6) is 0.406. The molecule has 0 spiro atoms. The Morgan fingerprint density at radius 3 is 2.59 bits per heavy atom. The highest BCUT2D eigenvalue weighted by molar-refractivity contribution is 6.76. The van der Waals surface area contributed by atoms with Crippen molar-refractivity contribution in [1.29, 1.82) is 0 Å². The van der Waals surface area contributed by atoms with Gasteiger partial charge in [-0.3, -0.25) is 0 Å². The maximum atomic E-state index is 6.28. The third-order valence-corrected chi connectivity index (χ3v) is 5.28. The summed E-state index contributed by atoms with van der Waals surface area (Å²) in [6.07, 6.45) is 1.77. The van der Waals surface area contributed by atoms with Gasteiger partial charge in [-0.25, -0.2) is 0 Å². The molecule has 0 N–H and O–H groups in total. The Morgan fingerprint density at radius 1 is 1.23 bits per heavy atom. The summed E-state index contributed by atoms with van der Waals surface area (Å²) in [7, 11) is -1.10. The topological polar surface area (TPSA) is 49.2 Å². The molecule has 2 rings (SSSR count). The van der Waals surface area contributed by atoms with Crippen molar-refractivity contribution >= 4 is 42.3 Å². The molecule has 2 aromatic heterocycles. The zero-order valence-corrected chi connectivity index (χ0v) is 15.8. The summed E-state index contributed by atoms with van der Waals surface area (Å²) in [6.45, 7) is 10.4. The maximum Gasteiger partial charge on any atom is 0.228 e. The first-order chi connectivity index (χ1) is 10.3. The lowest BCUT2D eigenvalue weighted by atomic mass is 10.4. The first-order valence-corrected chi connectivity index (χ1v) is 11.7.